The summed E-state index contributed by atoms with van der Waals surface area (Å²) in [5.41, 5.74) is 3.22. The van der Waals surface area contributed by atoms with E-state index in [1.165, 1.54) is 11.6 Å². The molecule has 0 aliphatic carbocycles. The van der Waals surface area contributed by atoms with E-state index in [0.29, 0.717) is 0 Å². The fourth-order valence-electron chi connectivity index (χ4n) is 1.94. The Labute approximate surface area is 113 Å². The molecule has 96 valence electrons. The highest BCUT2D eigenvalue weighted by Gasteiger charge is 2.04. The molecule has 2 rings (SSSR count). The average Bonchev–Trinajstić information content (AvgIpc) is 2.42. The second-order valence-corrected chi connectivity index (χ2v) is 4.31. The number of carbonyl (C=O) groups excluding carboxylic acids is 1. The van der Waals surface area contributed by atoms with Gasteiger partial charge in [-0.3, -0.25) is 4.79 Å². The zero-order chi connectivity index (χ0) is 13.5. The predicted octanol–water partition coefficient (Wildman–Crippen LogP) is 3.79. The fourth-order valence-corrected chi connectivity index (χ4v) is 1.94. The van der Waals surface area contributed by atoms with Crippen molar-refractivity contribution in [3.63, 3.8) is 0 Å². The number of anilines is 1. The summed E-state index contributed by atoms with van der Waals surface area (Å²) in [7, 11) is 0. The maximum absolute atomic E-state index is 11.6. The third-order valence-electron chi connectivity index (χ3n) is 2.83. The maximum Gasteiger partial charge on any atom is 0.248 e. The van der Waals surface area contributed by atoms with E-state index in [-0.39, 0.29) is 5.91 Å². The van der Waals surface area contributed by atoms with Gasteiger partial charge in [0.15, 0.2) is 0 Å². The zero-order valence-corrected chi connectivity index (χ0v) is 11.0. The average molecular weight is 251 g/mol. The van der Waals surface area contributed by atoms with Crippen LogP contribution in [0.3, 0.4) is 0 Å². The number of para-hydroxylation sites is 1. The van der Waals surface area contributed by atoms with E-state index in [0.717, 1.165) is 17.7 Å². The van der Waals surface area contributed by atoms with Crippen molar-refractivity contribution < 1.29 is 4.79 Å². The van der Waals surface area contributed by atoms with Crippen LogP contribution in [0.1, 0.15) is 18.1 Å². The van der Waals surface area contributed by atoms with Gasteiger partial charge >= 0.3 is 0 Å². The summed E-state index contributed by atoms with van der Waals surface area (Å²) in [6.07, 6.45) is 4.07. The summed E-state index contributed by atoms with van der Waals surface area (Å²) in [6, 6.07) is 18.1. The lowest BCUT2D eigenvalue weighted by Gasteiger charge is -2.09. The Bertz CT molecular complexity index is 573. The van der Waals surface area contributed by atoms with Crippen LogP contribution in [0.25, 0.3) is 0 Å². The third-order valence-corrected chi connectivity index (χ3v) is 2.83. The molecule has 0 unspecified atom stereocenters. The minimum atomic E-state index is -0.0944. The molecule has 0 aliphatic rings. The van der Waals surface area contributed by atoms with Crippen LogP contribution in [-0.4, -0.2) is 5.91 Å². The van der Waals surface area contributed by atoms with Crippen molar-refractivity contribution >= 4 is 11.6 Å². The first-order valence-electron chi connectivity index (χ1n) is 6.35. The van der Waals surface area contributed by atoms with Gasteiger partial charge in [0.1, 0.15) is 0 Å². The lowest BCUT2D eigenvalue weighted by Crippen LogP contribution is -2.09. The van der Waals surface area contributed by atoms with Crippen LogP contribution in [0.2, 0.25) is 0 Å². The van der Waals surface area contributed by atoms with Crippen molar-refractivity contribution in [3.05, 3.63) is 77.9 Å². The number of benzene rings is 2. The number of nitrogens with one attached hydrogen (secondary N) is 1. The molecule has 19 heavy (non-hydrogen) atoms. The first kappa shape index (κ1) is 13.1. The van der Waals surface area contributed by atoms with E-state index < -0.39 is 0 Å². The van der Waals surface area contributed by atoms with Gasteiger partial charge in [-0.05, 0) is 36.6 Å². The fraction of sp³-hybridized carbons (Fsp3) is 0.118. The Balaban J connectivity index is 2.19. The van der Waals surface area contributed by atoms with Gasteiger partial charge < -0.3 is 5.32 Å². The highest BCUT2D eigenvalue weighted by atomic mass is 16.1. The number of hydrogen-bond donors (Lipinski definition) is 1. The number of rotatable bonds is 4. The summed E-state index contributed by atoms with van der Waals surface area (Å²) < 4.78 is 0. The summed E-state index contributed by atoms with van der Waals surface area (Å²) in [5.74, 6) is -0.0944. The molecule has 0 spiro atoms. The predicted molar refractivity (Wildman–Crippen MR) is 79.1 cm³/mol. The first-order valence-corrected chi connectivity index (χ1v) is 6.35. The van der Waals surface area contributed by atoms with Gasteiger partial charge in [-0.15, -0.1) is 0 Å². The molecule has 1 amide bonds. The molecular weight excluding hydrogens is 234 g/mol. The van der Waals surface area contributed by atoms with Crippen molar-refractivity contribution in [2.24, 2.45) is 0 Å². The molecule has 0 saturated heterocycles. The molecule has 0 atom stereocenters. The normalized spacial score (nSPS) is 10.6. The Hall–Kier alpha value is -2.35. The van der Waals surface area contributed by atoms with Crippen LogP contribution in [0.4, 0.5) is 5.69 Å². The van der Waals surface area contributed by atoms with E-state index in [4.69, 9.17) is 0 Å². The van der Waals surface area contributed by atoms with Gasteiger partial charge in [0, 0.05) is 5.69 Å². The molecule has 2 nitrogen and oxygen atoms in total. The standard InChI is InChI=1S/C17H17NO/c1-2-8-17(19)18-16-12-7-6-11-15(16)13-14-9-4-3-5-10-14/h2-12H,13H2,1H3,(H,18,19)/b8-2+. The Morgan fingerprint density at radius 3 is 2.47 bits per heavy atom. The quantitative estimate of drug-likeness (QED) is 0.823. The second-order valence-electron chi connectivity index (χ2n) is 4.31. The van der Waals surface area contributed by atoms with E-state index in [2.05, 4.69) is 17.4 Å². The van der Waals surface area contributed by atoms with E-state index in [1.54, 1.807) is 6.08 Å². The molecule has 2 heteroatoms. The van der Waals surface area contributed by atoms with Crippen molar-refractivity contribution in [2.75, 3.05) is 5.32 Å². The zero-order valence-electron chi connectivity index (χ0n) is 11.0. The topological polar surface area (TPSA) is 29.1 Å². The van der Waals surface area contributed by atoms with Crippen molar-refractivity contribution in [1.29, 1.82) is 0 Å². The molecule has 0 aliphatic heterocycles. The van der Waals surface area contributed by atoms with Gasteiger partial charge in [0.05, 0.1) is 0 Å². The Morgan fingerprint density at radius 1 is 1.05 bits per heavy atom. The molecule has 0 saturated carbocycles. The van der Waals surface area contributed by atoms with Gasteiger partial charge in [-0.25, -0.2) is 0 Å². The monoisotopic (exact) mass is 251 g/mol. The Kier molecular flexibility index (Phi) is 4.51. The van der Waals surface area contributed by atoms with E-state index in [1.807, 2.05) is 49.4 Å². The van der Waals surface area contributed by atoms with Crippen LogP contribution in [0, 0.1) is 0 Å². The highest BCUT2D eigenvalue weighted by molar-refractivity contribution is 5.99. The molecular formula is C17H17NO. The van der Waals surface area contributed by atoms with Gasteiger partial charge in [0.25, 0.3) is 0 Å². The minimum Gasteiger partial charge on any atom is -0.322 e. The SMILES string of the molecule is C/C=C/C(=O)Nc1ccccc1Cc1ccccc1. The highest BCUT2D eigenvalue weighted by Crippen LogP contribution is 2.19. The molecule has 2 aromatic rings. The molecule has 0 aromatic heterocycles. The number of amides is 1. The number of hydrogen-bond acceptors (Lipinski definition) is 1. The van der Waals surface area contributed by atoms with Crippen LogP contribution in [0.5, 0.6) is 0 Å². The second kappa shape index (κ2) is 6.55. The summed E-state index contributed by atoms with van der Waals surface area (Å²) in [4.78, 5) is 11.6. The van der Waals surface area contributed by atoms with E-state index in [9.17, 15) is 4.79 Å². The van der Waals surface area contributed by atoms with Crippen molar-refractivity contribution in [1.82, 2.24) is 0 Å². The van der Waals surface area contributed by atoms with Crippen LogP contribution >= 0.6 is 0 Å². The molecule has 0 bridgehead atoms. The summed E-state index contributed by atoms with van der Waals surface area (Å²) in [5, 5.41) is 2.91. The number of allylic oxidation sites excluding steroid dienone is 1. The number of carbonyl (C=O) groups is 1. The van der Waals surface area contributed by atoms with Gasteiger partial charge in [-0.1, -0.05) is 54.6 Å². The maximum atomic E-state index is 11.6. The van der Waals surface area contributed by atoms with E-state index >= 15 is 0 Å². The summed E-state index contributed by atoms with van der Waals surface area (Å²) >= 11 is 0. The Morgan fingerprint density at radius 2 is 1.74 bits per heavy atom. The van der Waals surface area contributed by atoms with Crippen molar-refractivity contribution in [3.8, 4) is 0 Å². The van der Waals surface area contributed by atoms with Gasteiger partial charge in [0.2, 0.25) is 5.91 Å². The molecule has 2 aromatic carbocycles. The lowest BCUT2D eigenvalue weighted by molar-refractivity contribution is -0.111. The van der Waals surface area contributed by atoms with Crippen LogP contribution < -0.4 is 5.32 Å². The lowest BCUT2D eigenvalue weighted by atomic mass is 10.0. The largest absolute Gasteiger partial charge is 0.322 e. The van der Waals surface area contributed by atoms with Crippen LogP contribution in [-0.2, 0) is 11.2 Å². The van der Waals surface area contributed by atoms with Crippen molar-refractivity contribution in [2.45, 2.75) is 13.3 Å². The molecule has 0 heterocycles. The molecule has 0 radical (unpaired) electrons. The summed E-state index contributed by atoms with van der Waals surface area (Å²) in [6.45, 7) is 1.83. The van der Waals surface area contributed by atoms with Crippen LogP contribution in [0.15, 0.2) is 66.7 Å². The van der Waals surface area contributed by atoms with Gasteiger partial charge in [-0.2, -0.15) is 0 Å². The molecule has 0 fully saturated rings. The smallest absolute Gasteiger partial charge is 0.248 e. The molecule has 1 N–H and O–H groups in total. The minimum absolute atomic E-state index is 0.0944. The first-order chi connectivity index (χ1) is 9.29. The third kappa shape index (κ3) is 3.81.